The molecule has 1 nitrogen and oxygen atoms in total. The molecule has 106 valence electrons. The monoisotopic (exact) mass is 267 g/mol. The van der Waals surface area contributed by atoms with Gasteiger partial charge in [-0.15, -0.1) is 0 Å². The van der Waals surface area contributed by atoms with Crippen LogP contribution in [0.3, 0.4) is 0 Å². The van der Waals surface area contributed by atoms with Crippen molar-refractivity contribution in [1.29, 1.82) is 0 Å². The lowest BCUT2D eigenvalue weighted by Gasteiger charge is -2.18. The van der Waals surface area contributed by atoms with Crippen LogP contribution in [-0.4, -0.2) is 4.98 Å². The molecule has 20 heavy (non-hydrogen) atoms. The molecule has 0 aliphatic carbocycles. The van der Waals surface area contributed by atoms with Gasteiger partial charge in [0.15, 0.2) is 0 Å². The Kier molecular flexibility index (Phi) is 3.99. The molecule has 2 rings (SSSR count). The zero-order valence-corrected chi connectivity index (χ0v) is 13.5. The SMILES string of the molecule is Cc1cc(C)c(Cc2ccc(C(C)(C)C)nc2)c(C)c1. The Hall–Kier alpha value is -1.63. The van der Waals surface area contributed by atoms with Crippen molar-refractivity contribution in [2.75, 3.05) is 0 Å². The Bertz CT molecular complexity index is 578. The van der Waals surface area contributed by atoms with Gasteiger partial charge >= 0.3 is 0 Å². The fourth-order valence-corrected chi connectivity index (χ4v) is 2.67. The molecule has 1 aromatic heterocycles. The summed E-state index contributed by atoms with van der Waals surface area (Å²) < 4.78 is 0. The predicted molar refractivity (Wildman–Crippen MR) is 86.4 cm³/mol. The summed E-state index contributed by atoms with van der Waals surface area (Å²) >= 11 is 0. The first-order valence-electron chi connectivity index (χ1n) is 7.29. The summed E-state index contributed by atoms with van der Waals surface area (Å²) in [6.45, 7) is 13.2. The highest BCUT2D eigenvalue weighted by Crippen LogP contribution is 2.22. The molecular formula is C19H25N. The van der Waals surface area contributed by atoms with Crippen LogP contribution in [0.15, 0.2) is 30.5 Å². The number of aromatic nitrogens is 1. The van der Waals surface area contributed by atoms with Crippen molar-refractivity contribution in [3.05, 3.63) is 64.0 Å². The Morgan fingerprint density at radius 1 is 0.950 bits per heavy atom. The van der Waals surface area contributed by atoms with E-state index in [1.807, 2.05) is 6.20 Å². The summed E-state index contributed by atoms with van der Waals surface area (Å²) in [5.41, 5.74) is 8.08. The maximum Gasteiger partial charge on any atom is 0.0457 e. The highest BCUT2D eigenvalue weighted by atomic mass is 14.7. The van der Waals surface area contributed by atoms with Crippen LogP contribution >= 0.6 is 0 Å². The first-order valence-corrected chi connectivity index (χ1v) is 7.29. The van der Waals surface area contributed by atoms with Crippen molar-refractivity contribution in [1.82, 2.24) is 4.98 Å². The van der Waals surface area contributed by atoms with Crippen molar-refractivity contribution in [3.8, 4) is 0 Å². The first-order chi connectivity index (χ1) is 9.27. The highest BCUT2D eigenvalue weighted by Gasteiger charge is 2.15. The van der Waals surface area contributed by atoms with Crippen molar-refractivity contribution >= 4 is 0 Å². The van der Waals surface area contributed by atoms with Gasteiger partial charge in [0.1, 0.15) is 0 Å². The van der Waals surface area contributed by atoms with Crippen LogP contribution in [0.25, 0.3) is 0 Å². The molecule has 1 heterocycles. The third-order valence-corrected chi connectivity index (χ3v) is 3.81. The smallest absolute Gasteiger partial charge is 0.0457 e. The van der Waals surface area contributed by atoms with Gasteiger partial charge in [-0.2, -0.15) is 0 Å². The molecule has 0 saturated carbocycles. The number of benzene rings is 1. The molecule has 0 aliphatic rings. The van der Waals surface area contributed by atoms with Crippen molar-refractivity contribution in [2.24, 2.45) is 0 Å². The molecule has 0 bridgehead atoms. The zero-order chi connectivity index (χ0) is 14.9. The van der Waals surface area contributed by atoms with Gasteiger partial charge in [0.25, 0.3) is 0 Å². The molecule has 0 atom stereocenters. The molecule has 0 spiro atoms. The molecule has 0 fully saturated rings. The normalized spacial score (nSPS) is 11.7. The number of nitrogens with zero attached hydrogens (tertiary/aromatic N) is 1. The summed E-state index contributed by atoms with van der Waals surface area (Å²) in [6.07, 6.45) is 2.99. The van der Waals surface area contributed by atoms with Gasteiger partial charge in [-0.3, -0.25) is 4.98 Å². The third kappa shape index (κ3) is 3.27. The van der Waals surface area contributed by atoms with Crippen LogP contribution < -0.4 is 0 Å². The predicted octanol–water partition coefficient (Wildman–Crippen LogP) is 4.90. The largest absolute Gasteiger partial charge is 0.260 e. The Labute approximate surface area is 123 Å². The summed E-state index contributed by atoms with van der Waals surface area (Å²) in [5.74, 6) is 0. The molecule has 0 aliphatic heterocycles. The van der Waals surface area contributed by atoms with Crippen LogP contribution in [0.1, 0.15) is 54.3 Å². The summed E-state index contributed by atoms with van der Waals surface area (Å²) in [6, 6.07) is 8.90. The molecule has 0 amide bonds. The second kappa shape index (κ2) is 5.40. The van der Waals surface area contributed by atoms with Crippen molar-refractivity contribution in [3.63, 3.8) is 0 Å². The van der Waals surface area contributed by atoms with Gasteiger partial charge in [0.2, 0.25) is 0 Å². The molecule has 0 unspecified atom stereocenters. The van der Waals surface area contributed by atoms with Crippen LogP contribution in [0.2, 0.25) is 0 Å². The highest BCUT2D eigenvalue weighted by molar-refractivity contribution is 5.40. The fraction of sp³-hybridized carbons (Fsp3) is 0.421. The molecule has 2 aromatic rings. The quantitative estimate of drug-likeness (QED) is 0.754. The van der Waals surface area contributed by atoms with E-state index in [4.69, 9.17) is 0 Å². The minimum Gasteiger partial charge on any atom is -0.260 e. The van der Waals surface area contributed by atoms with E-state index in [0.717, 1.165) is 12.1 Å². The lowest BCUT2D eigenvalue weighted by molar-refractivity contribution is 0.568. The van der Waals surface area contributed by atoms with E-state index in [-0.39, 0.29) is 5.41 Å². The first kappa shape index (κ1) is 14.8. The topological polar surface area (TPSA) is 12.9 Å². The lowest BCUT2D eigenvalue weighted by Crippen LogP contribution is -2.13. The standard InChI is InChI=1S/C19H25N/c1-13-9-14(2)17(15(3)10-13)11-16-7-8-18(20-12-16)19(4,5)6/h7-10,12H,11H2,1-6H3. The molecule has 0 saturated heterocycles. The van der Waals surface area contributed by atoms with Crippen LogP contribution in [0.5, 0.6) is 0 Å². The number of hydrogen-bond donors (Lipinski definition) is 0. The number of hydrogen-bond acceptors (Lipinski definition) is 1. The Balaban J connectivity index is 2.27. The minimum absolute atomic E-state index is 0.119. The molecule has 1 heteroatoms. The van der Waals surface area contributed by atoms with E-state index < -0.39 is 0 Å². The maximum atomic E-state index is 4.62. The minimum atomic E-state index is 0.119. The number of aryl methyl sites for hydroxylation is 3. The van der Waals surface area contributed by atoms with Gasteiger partial charge in [-0.05, 0) is 55.5 Å². The van der Waals surface area contributed by atoms with E-state index in [2.05, 4.69) is 70.8 Å². The van der Waals surface area contributed by atoms with Crippen molar-refractivity contribution < 1.29 is 0 Å². The second-order valence-electron chi connectivity index (χ2n) is 6.86. The summed E-state index contributed by atoms with van der Waals surface area (Å²) in [5, 5.41) is 0. The van der Waals surface area contributed by atoms with E-state index in [1.54, 1.807) is 0 Å². The fourth-order valence-electron chi connectivity index (χ4n) is 2.67. The average Bonchev–Trinajstić information content (AvgIpc) is 2.33. The van der Waals surface area contributed by atoms with E-state index in [0.29, 0.717) is 0 Å². The molecule has 0 radical (unpaired) electrons. The van der Waals surface area contributed by atoms with Crippen LogP contribution in [0, 0.1) is 20.8 Å². The van der Waals surface area contributed by atoms with E-state index in [1.165, 1.54) is 27.8 Å². The van der Waals surface area contributed by atoms with Gasteiger partial charge < -0.3 is 0 Å². The molecule has 1 aromatic carbocycles. The second-order valence-corrected chi connectivity index (χ2v) is 6.86. The number of pyridine rings is 1. The zero-order valence-electron chi connectivity index (χ0n) is 13.5. The van der Waals surface area contributed by atoms with Gasteiger partial charge in [0.05, 0.1) is 0 Å². The van der Waals surface area contributed by atoms with E-state index >= 15 is 0 Å². The summed E-state index contributed by atoms with van der Waals surface area (Å²) in [4.78, 5) is 4.62. The average molecular weight is 267 g/mol. The van der Waals surface area contributed by atoms with Crippen LogP contribution in [-0.2, 0) is 11.8 Å². The Morgan fingerprint density at radius 3 is 2.00 bits per heavy atom. The third-order valence-electron chi connectivity index (χ3n) is 3.81. The van der Waals surface area contributed by atoms with Gasteiger partial charge in [0, 0.05) is 17.3 Å². The lowest BCUT2D eigenvalue weighted by atomic mass is 9.90. The molecule has 0 N–H and O–H groups in total. The van der Waals surface area contributed by atoms with E-state index in [9.17, 15) is 0 Å². The van der Waals surface area contributed by atoms with Gasteiger partial charge in [-0.1, -0.05) is 44.5 Å². The van der Waals surface area contributed by atoms with Gasteiger partial charge in [-0.25, -0.2) is 0 Å². The number of rotatable bonds is 2. The van der Waals surface area contributed by atoms with Crippen LogP contribution in [0.4, 0.5) is 0 Å². The Morgan fingerprint density at radius 2 is 1.55 bits per heavy atom. The maximum absolute atomic E-state index is 4.62. The summed E-state index contributed by atoms with van der Waals surface area (Å²) in [7, 11) is 0. The van der Waals surface area contributed by atoms with Crippen molar-refractivity contribution in [2.45, 2.75) is 53.4 Å². The molecular weight excluding hydrogens is 242 g/mol.